The average Bonchev–Trinajstić information content (AvgIpc) is 3.32. The van der Waals surface area contributed by atoms with Crippen LogP contribution in [0, 0.1) is 0 Å². The summed E-state index contributed by atoms with van der Waals surface area (Å²) < 4.78 is 5.06. The minimum absolute atomic E-state index is 0.0655. The standard InChI is InChI=1S/C22H23N3O3/c1-2-28-22(27)19-13-15-12-16(8-9-18(15)24-19)25-11-10-17(20(25)21(23)26)14-6-4-3-5-7-14/h3-9,12-13,17,20,24H,2,10-11H2,1H3,(H2,23,26). The predicted octanol–water partition coefficient (Wildman–Crippen LogP) is 3.19. The zero-order valence-electron chi connectivity index (χ0n) is 15.7. The number of nitrogens with zero attached hydrogens (tertiary/aromatic N) is 1. The highest BCUT2D eigenvalue weighted by Gasteiger charge is 2.39. The highest BCUT2D eigenvalue weighted by atomic mass is 16.5. The van der Waals surface area contributed by atoms with Crippen molar-refractivity contribution in [2.45, 2.75) is 25.3 Å². The first-order chi connectivity index (χ1) is 13.6. The molecule has 1 aliphatic heterocycles. The van der Waals surface area contributed by atoms with Gasteiger partial charge in [0.05, 0.1) is 6.61 Å². The Morgan fingerprint density at radius 2 is 1.96 bits per heavy atom. The maximum atomic E-state index is 12.3. The van der Waals surface area contributed by atoms with Crippen LogP contribution in [0.2, 0.25) is 0 Å². The largest absolute Gasteiger partial charge is 0.461 e. The van der Waals surface area contributed by atoms with Crippen LogP contribution in [0.1, 0.15) is 35.3 Å². The van der Waals surface area contributed by atoms with Crippen molar-refractivity contribution in [2.75, 3.05) is 18.1 Å². The Bertz CT molecular complexity index is 1010. The number of aromatic nitrogens is 1. The summed E-state index contributed by atoms with van der Waals surface area (Å²) in [6, 6.07) is 17.3. The van der Waals surface area contributed by atoms with E-state index < -0.39 is 6.04 Å². The van der Waals surface area contributed by atoms with Crippen molar-refractivity contribution >= 4 is 28.5 Å². The van der Waals surface area contributed by atoms with Gasteiger partial charge in [0.25, 0.3) is 0 Å². The van der Waals surface area contributed by atoms with Gasteiger partial charge < -0.3 is 20.4 Å². The molecule has 3 N–H and O–H groups in total. The van der Waals surface area contributed by atoms with Gasteiger partial charge in [-0.3, -0.25) is 4.79 Å². The van der Waals surface area contributed by atoms with Crippen molar-refractivity contribution in [2.24, 2.45) is 5.73 Å². The second kappa shape index (κ2) is 7.38. The number of H-pyrrole nitrogens is 1. The van der Waals surface area contributed by atoms with Crippen molar-refractivity contribution in [1.29, 1.82) is 0 Å². The molecule has 2 heterocycles. The third kappa shape index (κ3) is 3.22. The van der Waals surface area contributed by atoms with Gasteiger partial charge in [-0.2, -0.15) is 0 Å². The molecule has 6 nitrogen and oxygen atoms in total. The van der Waals surface area contributed by atoms with E-state index in [1.54, 1.807) is 13.0 Å². The Labute approximate surface area is 163 Å². The number of nitrogens with two attached hydrogens (primary N) is 1. The van der Waals surface area contributed by atoms with Crippen LogP contribution in [0.25, 0.3) is 10.9 Å². The lowest BCUT2D eigenvalue weighted by molar-refractivity contribution is -0.119. The third-order valence-corrected chi connectivity index (χ3v) is 5.35. The lowest BCUT2D eigenvalue weighted by atomic mass is 9.91. The van der Waals surface area contributed by atoms with Crippen LogP contribution in [0.15, 0.2) is 54.6 Å². The number of primary amides is 1. The fraction of sp³-hybridized carbons (Fsp3) is 0.273. The predicted molar refractivity (Wildman–Crippen MR) is 108 cm³/mol. The molecule has 144 valence electrons. The molecule has 1 aromatic heterocycles. The van der Waals surface area contributed by atoms with Gasteiger partial charge in [0, 0.05) is 29.1 Å². The molecule has 4 rings (SSSR count). The lowest BCUT2D eigenvalue weighted by Crippen LogP contribution is -2.43. The van der Waals surface area contributed by atoms with Crippen molar-refractivity contribution in [3.05, 3.63) is 65.9 Å². The number of anilines is 1. The van der Waals surface area contributed by atoms with E-state index in [1.807, 2.05) is 48.5 Å². The van der Waals surface area contributed by atoms with Crippen LogP contribution in [-0.2, 0) is 9.53 Å². The molecule has 0 aliphatic carbocycles. The van der Waals surface area contributed by atoms with Crippen LogP contribution in [0.3, 0.4) is 0 Å². The molecular weight excluding hydrogens is 354 g/mol. The zero-order chi connectivity index (χ0) is 19.7. The fourth-order valence-corrected chi connectivity index (χ4v) is 4.10. The van der Waals surface area contributed by atoms with E-state index in [1.165, 1.54) is 0 Å². The second-order valence-electron chi connectivity index (χ2n) is 7.02. The summed E-state index contributed by atoms with van der Waals surface area (Å²) in [5.74, 6) is -0.635. The number of hydrogen-bond donors (Lipinski definition) is 2. The first kappa shape index (κ1) is 18.1. The van der Waals surface area contributed by atoms with Gasteiger partial charge in [-0.15, -0.1) is 0 Å². The van der Waals surface area contributed by atoms with E-state index in [2.05, 4.69) is 9.88 Å². The molecule has 0 bridgehead atoms. The van der Waals surface area contributed by atoms with Crippen molar-refractivity contribution in [3.8, 4) is 0 Å². The summed E-state index contributed by atoms with van der Waals surface area (Å²) in [6.07, 6.45) is 0.858. The smallest absolute Gasteiger partial charge is 0.354 e. The van der Waals surface area contributed by atoms with Crippen LogP contribution >= 0.6 is 0 Å². The second-order valence-corrected chi connectivity index (χ2v) is 7.02. The van der Waals surface area contributed by atoms with Gasteiger partial charge in [0.2, 0.25) is 5.91 Å². The number of aromatic amines is 1. The van der Waals surface area contributed by atoms with Crippen LogP contribution in [0.4, 0.5) is 5.69 Å². The number of benzene rings is 2. The van der Waals surface area contributed by atoms with Gasteiger partial charge in [0.1, 0.15) is 11.7 Å². The van der Waals surface area contributed by atoms with Gasteiger partial charge in [0.15, 0.2) is 0 Å². The maximum Gasteiger partial charge on any atom is 0.354 e. The number of esters is 1. The van der Waals surface area contributed by atoms with Crippen molar-refractivity contribution < 1.29 is 14.3 Å². The topological polar surface area (TPSA) is 88.4 Å². The van der Waals surface area contributed by atoms with Crippen LogP contribution in [-0.4, -0.2) is 36.1 Å². The number of fused-ring (bicyclic) bond motifs is 1. The van der Waals surface area contributed by atoms with E-state index in [0.717, 1.165) is 35.1 Å². The van der Waals surface area contributed by atoms with E-state index in [4.69, 9.17) is 10.5 Å². The first-order valence-corrected chi connectivity index (χ1v) is 9.49. The summed E-state index contributed by atoms with van der Waals surface area (Å²) in [4.78, 5) is 29.4. The van der Waals surface area contributed by atoms with Gasteiger partial charge in [-0.1, -0.05) is 30.3 Å². The maximum absolute atomic E-state index is 12.3. The van der Waals surface area contributed by atoms with Crippen molar-refractivity contribution in [1.82, 2.24) is 4.98 Å². The molecule has 0 saturated carbocycles. The highest BCUT2D eigenvalue weighted by molar-refractivity contribution is 5.96. The summed E-state index contributed by atoms with van der Waals surface area (Å²) in [6.45, 7) is 2.85. The first-order valence-electron chi connectivity index (χ1n) is 9.49. The quantitative estimate of drug-likeness (QED) is 0.669. The zero-order valence-corrected chi connectivity index (χ0v) is 15.7. The van der Waals surface area contributed by atoms with Gasteiger partial charge in [-0.05, 0) is 43.2 Å². The monoisotopic (exact) mass is 377 g/mol. The Kier molecular flexibility index (Phi) is 4.77. The van der Waals surface area contributed by atoms with Crippen LogP contribution < -0.4 is 10.6 Å². The molecule has 6 heteroatoms. The van der Waals surface area contributed by atoms with Gasteiger partial charge >= 0.3 is 5.97 Å². The summed E-state index contributed by atoms with van der Waals surface area (Å²) >= 11 is 0. The number of ether oxygens (including phenoxy) is 1. The number of carbonyl (C=O) groups excluding carboxylic acids is 2. The molecule has 0 radical (unpaired) electrons. The Hall–Kier alpha value is -3.28. The van der Waals surface area contributed by atoms with Gasteiger partial charge in [-0.25, -0.2) is 4.79 Å². The molecule has 2 unspecified atom stereocenters. The number of nitrogens with one attached hydrogen (secondary N) is 1. The number of rotatable bonds is 5. The number of carbonyl (C=O) groups is 2. The number of hydrogen-bond acceptors (Lipinski definition) is 4. The minimum Gasteiger partial charge on any atom is -0.461 e. The Morgan fingerprint density at radius 3 is 2.68 bits per heavy atom. The minimum atomic E-state index is -0.400. The fourth-order valence-electron chi connectivity index (χ4n) is 4.10. The van der Waals surface area contributed by atoms with E-state index in [-0.39, 0.29) is 17.8 Å². The molecule has 0 spiro atoms. The molecule has 1 saturated heterocycles. The molecule has 1 amide bonds. The highest BCUT2D eigenvalue weighted by Crippen LogP contribution is 2.37. The van der Waals surface area contributed by atoms with Crippen LogP contribution in [0.5, 0.6) is 0 Å². The Morgan fingerprint density at radius 1 is 1.18 bits per heavy atom. The molecular formula is C22H23N3O3. The summed E-state index contributed by atoms with van der Waals surface area (Å²) in [5.41, 5.74) is 9.11. The molecule has 3 aromatic rings. The normalized spacial score (nSPS) is 19.1. The molecule has 1 fully saturated rings. The van der Waals surface area contributed by atoms with E-state index in [0.29, 0.717) is 12.3 Å². The summed E-state index contributed by atoms with van der Waals surface area (Å²) in [5, 5.41) is 0.895. The van der Waals surface area contributed by atoms with E-state index in [9.17, 15) is 9.59 Å². The average molecular weight is 377 g/mol. The van der Waals surface area contributed by atoms with Crippen molar-refractivity contribution in [3.63, 3.8) is 0 Å². The Balaban J connectivity index is 1.66. The molecule has 1 aliphatic rings. The third-order valence-electron chi connectivity index (χ3n) is 5.35. The SMILES string of the molecule is CCOC(=O)c1cc2cc(N3CCC(c4ccccc4)C3C(N)=O)ccc2[nH]1. The summed E-state index contributed by atoms with van der Waals surface area (Å²) in [7, 11) is 0. The molecule has 2 atom stereocenters. The molecule has 2 aromatic carbocycles. The lowest BCUT2D eigenvalue weighted by Gasteiger charge is -2.27. The van der Waals surface area contributed by atoms with E-state index >= 15 is 0 Å². The molecule has 28 heavy (non-hydrogen) atoms. The number of amides is 1.